The first-order chi connectivity index (χ1) is 19.1. The Kier molecular flexibility index (Phi) is 18.6. The summed E-state index contributed by atoms with van der Waals surface area (Å²) in [6.45, 7) is 4.54. The molecule has 2 nitrogen and oxygen atoms in total. The number of rotatable bonds is 24. The molecule has 2 aromatic carbocycles. The van der Waals surface area contributed by atoms with Crippen LogP contribution in [0.2, 0.25) is 0 Å². The van der Waals surface area contributed by atoms with Crippen LogP contribution in [-0.2, 0) is 17.4 Å². The first-order valence-electron chi connectivity index (χ1n) is 16.6. The molecule has 0 unspecified atom stereocenters. The lowest BCUT2D eigenvalue weighted by Gasteiger charge is -2.19. The van der Waals surface area contributed by atoms with Gasteiger partial charge in [0.2, 0.25) is 0 Å². The zero-order valence-electron chi connectivity index (χ0n) is 25.5. The van der Waals surface area contributed by atoms with Gasteiger partial charge < -0.3 is 4.89 Å². The molecular formula is C36H59O2P. The second-order valence-electron chi connectivity index (χ2n) is 11.7. The van der Waals surface area contributed by atoms with Crippen molar-refractivity contribution in [3.63, 3.8) is 0 Å². The standard InChI is InChI=1S/C36H59O2P/c1-3-5-7-9-11-13-15-17-19-21-27-33-29-23-25-31-35(33)39(37,38)36-32-26-24-30-34(36)28-22-20-18-16-14-12-10-8-6-4-2/h23-26,29-32H,3-22,27-28H2,1-2H3,(H,37,38). The fraction of sp³-hybridized carbons (Fsp3) is 0.667. The summed E-state index contributed by atoms with van der Waals surface area (Å²) in [7, 11) is -3.63. The van der Waals surface area contributed by atoms with Crippen molar-refractivity contribution < 1.29 is 9.46 Å². The van der Waals surface area contributed by atoms with Gasteiger partial charge in [-0.05, 0) is 48.9 Å². The van der Waals surface area contributed by atoms with Crippen LogP contribution in [0, 0.1) is 0 Å². The van der Waals surface area contributed by atoms with E-state index in [-0.39, 0.29) is 0 Å². The first kappa shape index (κ1) is 33.8. The van der Waals surface area contributed by atoms with Crippen molar-refractivity contribution in [3.8, 4) is 0 Å². The largest absolute Gasteiger partial charge is 0.338 e. The molecule has 220 valence electrons. The number of hydrogen-bond donors (Lipinski definition) is 1. The van der Waals surface area contributed by atoms with E-state index in [9.17, 15) is 9.46 Å². The molecular weight excluding hydrogens is 495 g/mol. The number of unbranched alkanes of at least 4 members (excludes halogenated alkanes) is 18. The van der Waals surface area contributed by atoms with E-state index in [4.69, 9.17) is 0 Å². The van der Waals surface area contributed by atoms with Crippen molar-refractivity contribution in [2.75, 3.05) is 0 Å². The third-order valence-corrected chi connectivity index (χ3v) is 10.4. The van der Waals surface area contributed by atoms with Crippen molar-refractivity contribution in [2.45, 2.75) is 155 Å². The lowest BCUT2D eigenvalue weighted by molar-refractivity contribution is 0.500. The molecule has 0 atom stereocenters. The summed E-state index contributed by atoms with van der Waals surface area (Å²) >= 11 is 0. The van der Waals surface area contributed by atoms with Gasteiger partial charge in [-0.3, -0.25) is 4.57 Å². The molecule has 0 saturated heterocycles. The third kappa shape index (κ3) is 13.7. The number of benzene rings is 2. The van der Waals surface area contributed by atoms with Gasteiger partial charge in [0, 0.05) is 10.6 Å². The van der Waals surface area contributed by atoms with Crippen LogP contribution >= 0.6 is 7.37 Å². The number of aryl methyl sites for hydroxylation is 2. The fourth-order valence-corrected chi connectivity index (χ4v) is 7.76. The maximum Gasteiger partial charge on any atom is 0.259 e. The van der Waals surface area contributed by atoms with Gasteiger partial charge in [-0.2, -0.15) is 0 Å². The molecule has 0 aliphatic carbocycles. The summed E-state index contributed by atoms with van der Waals surface area (Å²) < 4.78 is 14.0. The van der Waals surface area contributed by atoms with E-state index in [1.165, 1.54) is 116 Å². The molecule has 0 heterocycles. The lowest BCUT2D eigenvalue weighted by atomic mass is 10.0. The van der Waals surface area contributed by atoms with Crippen molar-refractivity contribution >= 4 is 18.0 Å². The van der Waals surface area contributed by atoms with E-state index in [0.717, 1.165) is 36.8 Å². The summed E-state index contributed by atoms with van der Waals surface area (Å²) in [6, 6.07) is 15.8. The van der Waals surface area contributed by atoms with Crippen LogP contribution in [0.5, 0.6) is 0 Å². The van der Waals surface area contributed by atoms with E-state index in [1.54, 1.807) is 0 Å². The van der Waals surface area contributed by atoms with Crippen LogP contribution in [0.15, 0.2) is 48.5 Å². The molecule has 0 aliphatic heterocycles. The Hall–Kier alpha value is -1.37. The molecule has 0 fully saturated rings. The molecule has 0 spiro atoms. The van der Waals surface area contributed by atoms with E-state index >= 15 is 0 Å². The van der Waals surface area contributed by atoms with Gasteiger partial charge in [0.1, 0.15) is 0 Å². The van der Waals surface area contributed by atoms with E-state index in [2.05, 4.69) is 26.0 Å². The molecule has 0 bridgehead atoms. The highest BCUT2D eigenvalue weighted by Crippen LogP contribution is 2.41. The van der Waals surface area contributed by atoms with Gasteiger partial charge in [-0.25, -0.2) is 0 Å². The van der Waals surface area contributed by atoms with Gasteiger partial charge in [0.15, 0.2) is 0 Å². The molecule has 2 aromatic rings. The van der Waals surface area contributed by atoms with Gasteiger partial charge in [0.25, 0.3) is 7.37 Å². The monoisotopic (exact) mass is 554 g/mol. The zero-order chi connectivity index (χ0) is 28.0. The molecule has 39 heavy (non-hydrogen) atoms. The minimum Gasteiger partial charge on any atom is -0.338 e. The first-order valence-corrected chi connectivity index (χ1v) is 18.3. The average Bonchev–Trinajstić information content (AvgIpc) is 2.95. The predicted molar refractivity (Wildman–Crippen MR) is 173 cm³/mol. The highest BCUT2D eigenvalue weighted by atomic mass is 31.2. The molecule has 3 heteroatoms. The van der Waals surface area contributed by atoms with Crippen molar-refractivity contribution in [1.29, 1.82) is 0 Å². The molecule has 1 N–H and O–H groups in total. The third-order valence-electron chi connectivity index (χ3n) is 8.24. The predicted octanol–water partition coefficient (Wildman–Crippen LogP) is 10.8. The molecule has 0 radical (unpaired) electrons. The quantitative estimate of drug-likeness (QED) is 0.103. The Bertz CT molecular complexity index is 850. The number of hydrogen-bond acceptors (Lipinski definition) is 1. The minimum absolute atomic E-state index is 0.649. The van der Waals surface area contributed by atoms with E-state index in [1.807, 2.05) is 36.4 Å². The van der Waals surface area contributed by atoms with Gasteiger partial charge >= 0.3 is 0 Å². The molecule has 0 amide bonds. The normalized spacial score (nSPS) is 11.8. The summed E-state index contributed by atoms with van der Waals surface area (Å²) in [5.74, 6) is 0. The zero-order valence-corrected chi connectivity index (χ0v) is 26.4. The Morgan fingerprint density at radius 3 is 1.08 bits per heavy atom. The summed E-state index contributed by atoms with van der Waals surface area (Å²) in [4.78, 5) is 11.5. The lowest BCUT2D eigenvalue weighted by Crippen LogP contribution is -2.22. The van der Waals surface area contributed by atoms with Crippen molar-refractivity contribution in [1.82, 2.24) is 0 Å². The Labute approximate surface area is 241 Å². The van der Waals surface area contributed by atoms with Gasteiger partial charge in [-0.15, -0.1) is 0 Å². The van der Waals surface area contributed by atoms with Crippen LogP contribution < -0.4 is 10.6 Å². The second-order valence-corrected chi connectivity index (χ2v) is 13.8. The van der Waals surface area contributed by atoms with Crippen molar-refractivity contribution in [2.24, 2.45) is 0 Å². The average molecular weight is 555 g/mol. The molecule has 0 aliphatic rings. The van der Waals surface area contributed by atoms with Gasteiger partial charge in [-0.1, -0.05) is 166 Å². The van der Waals surface area contributed by atoms with Crippen LogP contribution in [0.1, 0.15) is 153 Å². The van der Waals surface area contributed by atoms with Crippen LogP contribution in [0.25, 0.3) is 0 Å². The van der Waals surface area contributed by atoms with Gasteiger partial charge in [0.05, 0.1) is 0 Å². The van der Waals surface area contributed by atoms with Crippen LogP contribution in [-0.4, -0.2) is 4.89 Å². The maximum absolute atomic E-state index is 14.0. The smallest absolute Gasteiger partial charge is 0.259 e. The maximum atomic E-state index is 14.0. The SMILES string of the molecule is CCCCCCCCCCCCc1ccccc1P(=O)(O)c1ccccc1CCCCCCCCCCCC. The molecule has 0 aromatic heterocycles. The summed E-state index contributed by atoms with van der Waals surface area (Å²) in [6.07, 6.45) is 27.9. The van der Waals surface area contributed by atoms with Crippen molar-refractivity contribution in [3.05, 3.63) is 59.7 Å². The summed E-state index contributed by atoms with van der Waals surface area (Å²) in [5, 5.41) is 1.30. The highest BCUT2D eigenvalue weighted by Gasteiger charge is 2.28. The highest BCUT2D eigenvalue weighted by molar-refractivity contribution is 7.73. The topological polar surface area (TPSA) is 37.3 Å². The fourth-order valence-electron chi connectivity index (χ4n) is 5.77. The molecule has 0 saturated carbocycles. The van der Waals surface area contributed by atoms with E-state index in [0.29, 0.717) is 10.6 Å². The van der Waals surface area contributed by atoms with E-state index < -0.39 is 7.37 Å². The van der Waals surface area contributed by atoms with Crippen LogP contribution in [0.3, 0.4) is 0 Å². The van der Waals surface area contributed by atoms with Crippen LogP contribution in [0.4, 0.5) is 0 Å². The Morgan fingerprint density at radius 1 is 0.462 bits per heavy atom. The Morgan fingerprint density at radius 2 is 0.744 bits per heavy atom. The summed E-state index contributed by atoms with van der Waals surface area (Å²) in [5.41, 5.74) is 2.10. The Balaban J connectivity index is 1.82. The second kappa shape index (κ2) is 21.4. The molecule has 2 rings (SSSR count). The minimum atomic E-state index is -3.63.